The van der Waals surface area contributed by atoms with E-state index in [-0.39, 0.29) is 17.0 Å². The summed E-state index contributed by atoms with van der Waals surface area (Å²) in [6.07, 6.45) is 0. The maximum Gasteiger partial charge on any atom is 0.274 e. The monoisotopic (exact) mass is 459 g/mol. The number of nitrogens with zero attached hydrogens (tertiary/aromatic N) is 1. The Kier molecular flexibility index (Phi) is 5.08. The minimum atomic E-state index is -0.247. The van der Waals surface area contributed by atoms with Crippen LogP contribution in [0.5, 0.6) is 11.5 Å². The van der Waals surface area contributed by atoms with Crippen molar-refractivity contribution in [2.75, 3.05) is 13.7 Å². The van der Waals surface area contributed by atoms with Crippen molar-refractivity contribution in [3.63, 3.8) is 0 Å². The number of hydrogen-bond donors (Lipinski definition) is 2. The molecular formula is C26H25N3O5. The van der Waals surface area contributed by atoms with Crippen molar-refractivity contribution in [3.05, 3.63) is 69.1 Å². The van der Waals surface area contributed by atoms with Crippen LogP contribution in [0.25, 0.3) is 44.2 Å². The van der Waals surface area contributed by atoms with Crippen molar-refractivity contribution in [3.8, 4) is 22.6 Å². The number of furan rings is 1. The Bertz CT molecular complexity index is 1700. The summed E-state index contributed by atoms with van der Waals surface area (Å²) in [5.41, 5.74) is 4.09. The van der Waals surface area contributed by atoms with Gasteiger partial charge in [-0.25, -0.2) is 0 Å². The van der Waals surface area contributed by atoms with Gasteiger partial charge in [0.1, 0.15) is 17.8 Å². The highest BCUT2D eigenvalue weighted by atomic mass is 16.5. The minimum absolute atomic E-state index is 0.00520. The van der Waals surface area contributed by atoms with Crippen molar-refractivity contribution in [2.45, 2.75) is 26.8 Å². The first-order valence-corrected chi connectivity index (χ1v) is 11.0. The molecule has 0 saturated carbocycles. The zero-order valence-electron chi connectivity index (χ0n) is 19.4. The van der Waals surface area contributed by atoms with Gasteiger partial charge in [0.25, 0.3) is 5.56 Å². The van der Waals surface area contributed by atoms with Gasteiger partial charge < -0.3 is 18.9 Å². The number of pyridine rings is 1. The van der Waals surface area contributed by atoms with Crippen LogP contribution in [0.15, 0.2) is 62.6 Å². The Morgan fingerprint density at radius 3 is 2.65 bits per heavy atom. The Balaban J connectivity index is 1.88. The van der Waals surface area contributed by atoms with E-state index in [0.717, 1.165) is 16.5 Å². The van der Waals surface area contributed by atoms with Crippen LogP contribution in [0.1, 0.15) is 26.8 Å². The first kappa shape index (κ1) is 21.6. The fourth-order valence-electron chi connectivity index (χ4n) is 4.22. The standard InChI is InChI=1S/C26H25N3O5/c1-13(2)12-33-18-9-6-15(10-20(18)32-5)21-22-25(29(14(3)4)28-26(22)31)27-23-17-8-7-16(30)11-19(17)34-24(21)23/h6-11,14,27H,1,12H2,2-5H3,(H,28,31). The number of benzene rings is 2. The summed E-state index contributed by atoms with van der Waals surface area (Å²) in [6.45, 7) is 10.1. The van der Waals surface area contributed by atoms with Crippen molar-refractivity contribution in [1.29, 1.82) is 0 Å². The molecule has 0 amide bonds. The lowest BCUT2D eigenvalue weighted by Gasteiger charge is -2.13. The second kappa shape index (κ2) is 7.98. The first-order chi connectivity index (χ1) is 16.3. The number of nitrogens with one attached hydrogen (secondary N) is 2. The van der Waals surface area contributed by atoms with E-state index >= 15 is 0 Å². The molecule has 0 saturated heterocycles. The molecule has 3 aromatic heterocycles. The molecule has 3 heterocycles. The zero-order chi connectivity index (χ0) is 24.1. The third kappa shape index (κ3) is 3.39. The molecule has 34 heavy (non-hydrogen) atoms. The molecule has 0 atom stereocenters. The lowest BCUT2D eigenvalue weighted by molar-refractivity contribution is 0.320. The average Bonchev–Trinajstić information content (AvgIpc) is 3.33. The summed E-state index contributed by atoms with van der Waals surface area (Å²) < 4.78 is 19.4. The summed E-state index contributed by atoms with van der Waals surface area (Å²) in [4.78, 5) is 28.5. The Morgan fingerprint density at radius 1 is 1.15 bits per heavy atom. The third-order valence-electron chi connectivity index (χ3n) is 5.75. The van der Waals surface area contributed by atoms with E-state index in [1.165, 1.54) is 12.1 Å². The third-order valence-corrected chi connectivity index (χ3v) is 5.75. The predicted octanol–water partition coefficient (Wildman–Crippen LogP) is 5.13. The molecule has 0 spiro atoms. The van der Waals surface area contributed by atoms with Crippen LogP contribution in [0, 0.1) is 0 Å². The normalized spacial score (nSPS) is 11.7. The molecule has 0 radical (unpaired) electrons. The number of aromatic nitrogens is 3. The minimum Gasteiger partial charge on any atom is -0.493 e. The molecule has 174 valence electrons. The highest BCUT2D eigenvalue weighted by Gasteiger charge is 2.23. The second-order valence-corrected chi connectivity index (χ2v) is 8.70. The van der Waals surface area contributed by atoms with E-state index in [9.17, 15) is 9.59 Å². The van der Waals surface area contributed by atoms with Gasteiger partial charge in [0, 0.05) is 23.1 Å². The predicted molar refractivity (Wildman–Crippen MR) is 133 cm³/mol. The maximum absolute atomic E-state index is 13.2. The van der Waals surface area contributed by atoms with E-state index in [0.29, 0.717) is 51.4 Å². The molecule has 5 rings (SSSR count). The van der Waals surface area contributed by atoms with Crippen molar-refractivity contribution in [2.24, 2.45) is 0 Å². The number of aromatic amines is 2. The molecular weight excluding hydrogens is 434 g/mol. The SMILES string of the molecule is C=C(C)COc1ccc(-c2c3oc4cc(=O)ccc4c3[nH]c3c2c(=O)[nH]n3C(C)C)cc1OC. The van der Waals surface area contributed by atoms with Gasteiger partial charge in [0.2, 0.25) is 0 Å². The molecule has 2 aromatic carbocycles. The van der Waals surface area contributed by atoms with Crippen LogP contribution in [0.2, 0.25) is 0 Å². The van der Waals surface area contributed by atoms with Gasteiger partial charge in [0.15, 0.2) is 22.5 Å². The number of ether oxygens (including phenoxy) is 2. The Morgan fingerprint density at radius 2 is 1.94 bits per heavy atom. The number of rotatable bonds is 6. The molecule has 0 unspecified atom stereocenters. The number of H-pyrrole nitrogens is 2. The molecule has 8 heteroatoms. The Labute approximate surface area is 194 Å². The van der Waals surface area contributed by atoms with Crippen molar-refractivity contribution < 1.29 is 13.9 Å². The lowest BCUT2D eigenvalue weighted by atomic mass is 10.0. The Hall–Kier alpha value is -4.20. The van der Waals surface area contributed by atoms with E-state index in [4.69, 9.17) is 13.9 Å². The van der Waals surface area contributed by atoms with Crippen LogP contribution in [-0.4, -0.2) is 28.5 Å². The molecule has 0 bridgehead atoms. The quantitative estimate of drug-likeness (QED) is 0.343. The highest BCUT2D eigenvalue weighted by molar-refractivity contribution is 6.14. The lowest BCUT2D eigenvalue weighted by Crippen LogP contribution is -2.07. The topological polar surface area (TPSA) is 102 Å². The van der Waals surface area contributed by atoms with Gasteiger partial charge in [-0.15, -0.1) is 0 Å². The van der Waals surface area contributed by atoms with Crippen LogP contribution < -0.4 is 20.5 Å². The molecule has 0 fully saturated rings. The van der Waals surface area contributed by atoms with Crippen molar-refractivity contribution >= 4 is 33.1 Å². The number of fused-ring (bicyclic) bond motifs is 4. The largest absolute Gasteiger partial charge is 0.493 e. The van der Waals surface area contributed by atoms with E-state index in [1.807, 2.05) is 32.9 Å². The van der Waals surface area contributed by atoms with E-state index in [1.54, 1.807) is 23.9 Å². The summed E-state index contributed by atoms with van der Waals surface area (Å²) in [6, 6.07) is 10.2. The van der Waals surface area contributed by atoms with Gasteiger partial charge >= 0.3 is 0 Å². The van der Waals surface area contributed by atoms with E-state index < -0.39 is 0 Å². The van der Waals surface area contributed by atoms with Crippen LogP contribution >= 0.6 is 0 Å². The molecule has 0 aliphatic carbocycles. The zero-order valence-corrected chi connectivity index (χ0v) is 19.4. The summed E-state index contributed by atoms with van der Waals surface area (Å²) >= 11 is 0. The molecule has 2 N–H and O–H groups in total. The second-order valence-electron chi connectivity index (χ2n) is 8.70. The molecule has 0 aliphatic heterocycles. The van der Waals surface area contributed by atoms with Crippen LogP contribution in [-0.2, 0) is 0 Å². The summed E-state index contributed by atoms with van der Waals surface area (Å²) in [5.74, 6) is 1.09. The smallest absolute Gasteiger partial charge is 0.274 e. The van der Waals surface area contributed by atoms with Crippen LogP contribution in [0.3, 0.4) is 0 Å². The highest BCUT2D eigenvalue weighted by Crippen LogP contribution is 2.41. The fourth-order valence-corrected chi connectivity index (χ4v) is 4.22. The number of methoxy groups -OCH3 is 1. The van der Waals surface area contributed by atoms with Gasteiger partial charge in [-0.2, -0.15) is 0 Å². The van der Waals surface area contributed by atoms with Gasteiger partial charge in [-0.3, -0.25) is 19.4 Å². The fraction of sp³-hybridized carbons (Fsp3) is 0.231. The summed E-state index contributed by atoms with van der Waals surface area (Å²) in [7, 11) is 1.57. The summed E-state index contributed by atoms with van der Waals surface area (Å²) in [5, 5.41) is 4.15. The first-order valence-electron chi connectivity index (χ1n) is 11.0. The maximum atomic E-state index is 13.2. The van der Waals surface area contributed by atoms with Crippen LogP contribution in [0.4, 0.5) is 0 Å². The van der Waals surface area contributed by atoms with Gasteiger partial charge in [-0.05, 0) is 56.2 Å². The van der Waals surface area contributed by atoms with Gasteiger partial charge in [-0.1, -0.05) is 12.6 Å². The molecule has 8 nitrogen and oxygen atoms in total. The molecule has 0 aliphatic rings. The number of hydrogen-bond acceptors (Lipinski definition) is 5. The molecule has 5 aromatic rings. The van der Waals surface area contributed by atoms with Gasteiger partial charge in [0.05, 0.1) is 18.0 Å². The average molecular weight is 460 g/mol. The van der Waals surface area contributed by atoms with E-state index in [2.05, 4.69) is 16.7 Å². The van der Waals surface area contributed by atoms with Crippen molar-refractivity contribution in [1.82, 2.24) is 14.8 Å².